The Hall–Kier alpha value is -1.56. The van der Waals surface area contributed by atoms with E-state index in [1.807, 2.05) is 7.05 Å². The highest BCUT2D eigenvalue weighted by atomic mass is 19.4. The van der Waals surface area contributed by atoms with Crippen LogP contribution in [-0.2, 0) is 6.18 Å². The van der Waals surface area contributed by atoms with E-state index in [-0.39, 0.29) is 11.3 Å². The molecule has 0 amide bonds. The van der Waals surface area contributed by atoms with Crippen LogP contribution in [0.15, 0.2) is 18.2 Å². The summed E-state index contributed by atoms with van der Waals surface area (Å²) >= 11 is 0. The fourth-order valence-electron chi connectivity index (χ4n) is 2.42. The predicted octanol–water partition coefficient (Wildman–Crippen LogP) is 2.66. The Bertz CT molecular complexity index is 488. The Morgan fingerprint density at radius 1 is 1.15 bits per heavy atom. The molecule has 2 rings (SSSR count). The van der Waals surface area contributed by atoms with Crippen molar-refractivity contribution in [1.82, 2.24) is 4.90 Å². The summed E-state index contributed by atoms with van der Waals surface area (Å²) in [5.41, 5.74) is -0.516. The van der Waals surface area contributed by atoms with Gasteiger partial charge in [-0.05, 0) is 38.2 Å². The molecule has 1 aromatic carbocycles. The van der Waals surface area contributed by atoms with E-state index in [1.165, 1.54) is 12.1 Å². The number of benzene rings is 1. The molecular weight excluding hydrogens is 269 g/mol. The molecule has 20 heavy (non-hydrogen) atoms. The highest BCUT2D eigenvalue weighted by Gasteiger charge is 2.35. The van der Waals surface area contributed by atoms with Gasteiger partial charge in [0.1, 0.15) is 6.29 Å². The molecule has 1 fully saturated rings. The van der Waals surface area contributed by atoms with E-state index in [0.29, 0.717) is 19.4 Å². The first kappa shape index (κ1) is 14.8. The van der Waals surface area contributed by atoms with Crippen molar-refractivity contribution in [2.24, 2.45) is 0 Å². The largest absolute Gasteiger partial charge is 0.418 e. The van der Waals surface area contributed by atoms with Gasteiger partial charge in [0.05, 0.1) is 5.56 Å². The first-order valence-corrected chi connectivity index (χ1v) is 6.52. The standard InChI is InChI=1S/C14H17F3N2O/c1-18-5-2-6-19(8-7-18)13-4-3-11(10-20)9-12(13)14(15,16)17/h3-4,9-10H,2,5-8H2,1H3. The number of alkyl halides is 3. The van der Waals surface area contributed by atoms with Crippen LogP contribution in [0.1, 0.15) is 22.3 Å². The van der Waals surface area contributed by atoms with Gasteiger partial charge >= 0.3 is 6.18 Å². The van der Waals surface area contributed by atoms with E-state index in [0.717, 1.165) is 25.6 Å². The predicted molar refractivity (Wildman–Crippen MR) is 71.2 cm³/mol. The molecule has 0 unspecified atom stereocenters. The zero-order valence-electron chi connectivity index (χ0n) is 11.3. The van der Waals surface area contributed by atoms with Crippen LogP contribution in [0.25, 0.3) is 0 Å². The number of nitrogens with zero attached hydrogens (tertiary/aromatic N) is 2. The van der Waals surface area contributed by atoms with Crippen molar-refractivity contribution in [2.75, 3.05) is 38.1 Å². The summed E-state index contributed by atoms with van der Waals surface area (Å²) in [5, 5.41) is 0. The molecule has 0 aromatic heterocycles. The number of carbonyl (C=O) groups excluding carboxylic acids is 1. The Morgan fingerprint density at radius 3 is 2.55 bits per heavy atom. The molecule has 0 spiro atoms. The summed E-state index contributed by atoms with van der Waals surface area (Å²) in [6.45, 7) is 2.75. The number of carbonyl (C=O) groups is 1. The molecule has 1 aliphatic heterocycles. The minimum Gasteiger partial charge on any atom is -0.370 e. The highest BCUT2D eigenvalue weighted by molar-refractivity contribution is 5.77. The third kappa shape index (κ3) is 3.30. The quantitative estimate of drug-likeness (QED) is 0.781. The van der Waals surface area contributed by atoms with Crippen molar-refractivity contribution in [3.05, 3.63) is 29.3 Å². The number of hydrogen-bond donors (Lipinski definition) is 0. The van der Waals surface area contributed by atoms with Crippen molar-refractivity contribution < 1.29 is 18.0 Å². The Balaban J connectivity index is 2.37. The maximum atomic E-state index is 13.1. The fourth-order valence-corrected chi connectivity index (χ4v) is 2.42. The summed E-state index contributed by atoms with van der Waals surface area (Å²) in [4.78, 5) is 14.5. The van der Waals surface area contributed by atoms with E-state index in [9.17, 15) is 18.0 Å². The van der Waals surface area contributed by atoms with Crippen molar-refractivity contribution in [3.63, 3.8) is 0 Å². The Labute approximate surface area is 116 Å². The van der Waals surface area contributed by atoms with Gasteiger partial charge in [0.15, 0.2) is 0 Å². The van der Waals surface area contributed by atoms with Crippen molar-refractivity contribution in [1.29, 1.82) is 0 Å². The maximum absolute atomic E-state index is 13.1. The van der Waals surface area contributed by atoms with Gasteiger partial charge in [0.2, 0.25) is 0 Å². The lowest BCUT2D eigenvalue weighted by molar-refractivity contribution is -0.137. The topological polar surface area (TPSA) is 23.6 Å². The van der Waals surface area contributed by atoms with Crippen LogP contribution in [0.4, 0.5) is 18.9 Å². The van der Waals surface area contributed by atoms with Gasteiger partial charge in [-0.1, -0.05) is 0 Å². The third-order valence-corrected chi connectivity index (χ3v) is 3.52. The molecule has 0 radical (unpaired) electrons. The lowest BCUT2D eigenvalue weighted by Gasteiger charge is -2.26. The van der Waals surface area contributed by atoms with Crippen LogP contribution in [0.5, 0.6) is 0 Å². The summed E-state index contributed by atoms with van der Waals surface area (Å²) in [6, 6.07) is 3.76. The van der Waals surface area contributed by atoms with Crippen LogP contribution in [0.2, 0.25) is 0 Å². The lowest BCUT2D eigenvalue weighted by atomic mass is 10.1. The average Bonchev–Trinajstić information content (AvgIpc) is 2.62. The first-order valence-electron chi connectivity index (χ1n) is 6.52. The Morgan fingerprint density at radius 2 is 1.90 bits per heavy atom. The molecule has 0 atom stereocenters. The second-order valence-electron chi connectivity index (χ2n) is 5.04. The van der Waals surface area contributed by atoms with E-state index < -0.39 is 11.7 Å². The van der Waals surface area contributed by atoms with Crippen LogP contribution >= 0.6 is 0 Å². The molecule has 0 saturated carbocycles. The van der Waals surface area contributed by atoms with Crippen LogP contribution in [-0.4, -0.2) is 44.4 Å². The van der Waals surface area contributed by atoms with E-state index in [1.54, 1.807) is 4.90 Å². The number of halogens is 3. The van der Waals surface area contributed by atoms with Gasteiger partial charge in [0.25, 0.3) is 0 Å². The third-order valence-electron chi connectivity index (χ3n) is 3.52. The van der Waals surface area contributed by atoms with E-state index in [4.69, 9.17) is 0 Å². The number of rotatable bonds is 2. The average molecular weight is 286 g/mol. The molecule has 1 heterocycles. The summed E-state index contributed by atoms with van der Waals surface area (Å²) in [5.74, 6) is 0. The summed E-state index contributed by atoms with van der Waals surface area (Å²) < 4.78 is 39.4. The van der Waals surface area contributed by atoms with Gasteiger partial charge in [-0.3, -0.25) is 4.79 Å². The van der Waals surface area contributed by atoms with Gasteiger partial charge in [-0.25, -0.2) is 0 Å². The number of anilines is 1. The van der Waals surface area contributed by atoms with Crippen LogP contribution in [0.3, 0.4) is 0 Å². The fraction of sp³-hybridized carbons (Fsp3) is 0.500. The second kappa shape index (κ2) is 5.83. The SMILES string of the molecule is CN1CCCN(c2ccc(C=O)cc2C(F)(F)F)CC1. The molecule has 0 bridgehead atoms. The number of hydrogen-bond acceptors (Lipinski definition) is 3. The van der Waals surface area contributed by atoms with Crippen LogP contribution < -0.4 is 4.90 Å². The monoisotopic (exact) mass is 286 g/mol. The minimum atomic E-state index is -4.45. The number of aldehydes is 1. The molecular formula is C14H17F3N2O. The van der Waals surface area contributed by atoms with Crippen molar-refractivity contribution >= 4 is 12.0 Å². The van der Waals surface area contributed by atoms with E-state index in [2.05, 4.69) is 4.90 Å². The van der Waals surface area contributed by atoms with Gasteiger partial charge in [-0.2, -0.15) is 13.2 Å². The highest BCUT2D eigenvalue weighted by Crippen LogP contribution is 2.37. The lowest BCUT2D eigenvalue weighted by Crippen LogP contribution is -2.30. The zero-order valence-corrected chi connectivity index (χ0v) is 11.3. The smallest absolute Gasteiger partial charge is 0.370 e. The normalized spacial score (nSPS) is 17.9. The van der Waals surface area contributed by atoms with Crippen LogP contribution in [0, 0.1) is 0 Å². The molecule has 0 aliphatic carbocycles. The second-order valence-corrected chi connectivity index (χ2v) is 5.04. The molecule has 1 aromatic rings. The summed E-state index contributed by atoms with van der Waals surface area (Å²) in [6.07, 6.45) is -3.19. The van der Waals surface area contributed by atoms with Gasteiger partial charge in [-0.15, -0.1) is 0 Å². The zero-order chi connectivity index (χ0) is 14.8. The summed E-state index contributed by atoms with van der Waals surface area (Å²) in [7, 11) is 1.96. The Kier molecular flexibility index (Phi) is 4.32. The molecule has 110 valence electrons. The molecule has 6 heteroatoms. The minimum absolute atomic E-state index is 0.0491. The number of likely N-dealkylation sites (N-methyl/N-ethyl adjacent to an activating group) is 1. The molecule has 1 aliphatic rings. The maximum Gasteiger partial charge on any atom is 0.418 e. The van der Waals surface area contributed by atoms with Crippen molar-refractivity contribution in [2.45, 2.75) is 12.6 Å². The van der Waals surface area contributed by atoms with Gasteiger partial charge < -0.3 is 9.80 Å². The van der Waals surface area contributed by atoms with Gasteiger partial charge in [0, 0.05) is 30.9 Å². The molecule has 1 saturated heterocycles. The molecule has 0 N–H and O–H groups in total. The first-order chi connectivity index (χ1) is 9.41. The van der Waals surface area contributed by atoms with E-state index >= 15 is 0 Å². The van der Waals surface area contributed by atoms with Crippen molar-refractivity contribution in [3.8, 4) is 0 Å². The molecule has 3 nitrogen and oxygen atoms in total.